The molecule has 0 radical (unpaired) electrons. The average molecular weight is 325 g/mol. The van der Waals surface area contributed by atoms with E-state index in [2.05, 4.69) is 15.5 Å². The number of nitrogens with two attached hydrogens (primary N) is 1. The van der Waals surface area contributed by atoms with Crippen LogP contribution in [0.4, 0.5) is 0 Å². The van der Waals surface area contributed by atoms with Crippen molar-refractivity contribution in [3.8, 4) is 0 Å². The average Bonchev–Trinajstić information content (AvgIpc) is 3.23. The predicted molar refractivity (Wildman–Crippen MR) is 86.2 cm³/mol. The Hall–Kier alpha value is -1.66. The van der Waals surface area contributed by atoms with Crippen molar-refractivity contribution in [2.45, 2.75) is 38.6 Å². The summed E-state index contributed by atoms with van der Waals surface area (Å²) in [7, 11) is 0. The highest BCUT2D eigenvalue weighted by Crippen LogP contribution is 2.31. The molecule has 3 rings (SSSR count). The van der Waals surface area contributed by atoms with Crippen LogP contribution in [0.2, 0.25) is 0 Å². The van der Waals surface area contributed by atoms with Crippen LogP contribution in [0.25, 0.3) is 11.1 Å². The van der Waals surface area contributed by atoms with Gasteiger partial charge in [0.05, 0.1) is 16.6 Å². The normalized spacial score (nSPS) is 15.6. The van der Waals surface area contributed by atoms with Crippen LogP contribution < -0.4 is 11.1 Å². The highest BCUT2D eigenvalue weighted by molar-refractivity contribution is 5.97. The molecule has 1 aliphatic rings. The van der Waals surface area contributed by atoms with E-state index in [1.54, 1.807) is 6.07 Å². The number of amides is 1. The largest absolute Gasteiger partial charge is 0.350 e. The topological polar surface area (TPSA) is 94.0 Å². The fourth-order valence-corrected chi connectivity index (χ4v) is 2.39. The van der Waals surface area contributed by atoms with Crippen LogP contribution in [0, 0.1) is 5.92 Å². The van der Waals surface area contributed by atoms with Gasteiger partial charge in [0.1, 0.15) is 0 Å². The first-order chi connectivity index (χ1) is 10.1. The number of aromatic nitrogens is 2. The summed E-state index contributed by atoms with van der Waals surface area (Å²) in [4.78, 5) is 16.3. The third kappa shape index (κ3) is 3.39. The molecule has 0 bridgehead atoms. The summed E-state index contributed by atoms with van der Waals surface area (Å²) in [6.07, 6.45) is 3.85. The minimum atomic E-state index is -0.156. The summed E-state index contributed by atoms with van der Waals surface area (Å²) in [5, 5.41) is 7.68. The summed E-state index contributed by atoms with van der Waals surface area (Å²) in [5.74, 6) is 0.627. The minimum absolute atomic E-state index is 0. The number of hydrogen-bond acceptors (Lipinski definition) is 5. The zero-order valence-corrected chi connectivity index (χ0v) is 13.5. The molecule has 1 unspecified atom stereocenters. The predicted octanol–water partition coefficient (Wildman–Crippen LogP) is 2.24. The van der Waals surface area contributed by atoms with Gasteiger partial charge in [0.25, 0.3) is 11.6 Å². The Kier molecular flexibility index (Phi) is 5.03. The zero-order valence-electron chi connectivity index (χ0n) is 12.7. The van der Waals surface area contributed by atoms with Gasteiger partial charge in [0.15, 0.2) is 0 Å². The second-order valence-electron chi connectivity index (χ2n) is 6.01. The zero-order chi connectivity index (χ0) is 15.0. The monoisotopic (exact) mass is 324 g/mol. The van der Waals surface area contributed by atoms with Crippen LogP contribution in [-0.2, 0) is 0 Å². The number of rotatable bonds is 5. The fourth-order valence-electron chi connectivity index (χ4n) is 2.39. The van der Waals surface area contributed by atoms with Gasteiger partial charge >= 0.3 is 0 Å². The van der Waals surface area contributed by atoms with E-state index < -0.39 is 0 Å². The molecular weight excluding hydrogens is 304 g/mol. The Balaban J connectivity index is 0.00000176. The molecule has 6 nitrogen and oxygen atoms in total. The van der Waals surface area contributed by atoms with Crippen molar-refractivity contribution in [1.29, 1.82) is 0 Å². The van der Waals surface area contributed by atoms with Crippen molar-refractivity contribution in [3.63, 3.8) is 0 Å². The highest BCUT2D eigenvalue weighted by atomic mass is 35.5. The van der Waals surface area contributed by atoms with Gasteiger partial charge in [-0.2, -0.15) is 0 Å². The molecule has 3 N–H and O–H groups in total. The SMILES string of the molecule is CC(C)c1noc2ncc(C(=O)NCC(N)C3CC3)cc12.Cl. The van der Waals surface area contributed by atoms with Crippen molar-refractivity contribution < 1.29 is 9.32 Å². The molecular formula is C15H21ClN4O2. The number of hydrogen-bond donors (Lipinski definition) is 2. The molecule has 2 heterocycles. The number of nitrogens with one attached hydrogen (secondary N) is 1. The van der Waals surface area contributed by atoms with Gasteiger partial charge in [0.2, 0.25) is 0 Å². The molecule has 22 heavy (non-hydrogen) atoms. The second kappa shape index (κ2) is 6.62. The summed E-state index contributed by atoms with van der Waals surface area (Å²) in [6, 6.07) is 1.83. The van der Waals surface area contributed by atoms with E-state index in [9.17, 15) is 4.79 Å². The highest BCUT2D eigenvalue weighted by Gasteiger charge is 2.28. The molecule has 1 amide bonds. The number of pyridine rings is 1. The molecule has 2 aromatic heterocycles. The maximum absolute atomic E-state index is 12.2. The Bertz CT molecular complexity index is 667. The summed E-state index contributed by atoms with van der Waals surface area (Å²) >= 11 is 0. The van der Waals surface area contributed by atoms with Gasteiger partial charge in [-0.1, -0.05) is 19.0 Å². The Morgan fingerprint density at radius 3 is 2.86 bits per heavy atom. The molecule has 1 aliphatic carbocycles. The second-order valence-corrected chi connectivity index (χ2v) is 6.01. The quantitative estimate of drug-likeness (QED) is 0.879. The van der Waals surface area contributed by atoms with Crippen LogP contribution in [0.3, 0.4) is 0 Å². The van der Waals surface area contributed by atoms with Crippen molar-refractivity contribution in [2.24, 2.45) is 11.7 Å². The van der Waals surface area contributed by atoms with E-state index in [4.69, 9.17) is 10.3 Å². The van der Waals surface area contributed by atoms with Crippen LogP contribution in [0.1, 0.15) is 48.7 Å². The van der Waals surface area contributed by atoms with E-state index in [1.807, 2.05) is 13.8 Å². The van der Waals surface area contributed by atoms with Crippen LogP contribution >= 0.6 is 12.4 Å². The lowest BCUT2D eigenvalue weighted by Gasteiger charge is -2.11. The molecule has 2 aromatic rings. The summed E-state index contributed by atoms with van der Waals surface area (Å²) in [5.41, 5.74) is 7.78. The van der Waals surface area contributed by atoms with Crippen LogP contribution in [0.15, 0.2) is 16.8 Å². The minimum Gasteiger partial charge on any atom is -0.350 e. The third-order valence-corrected chi connectivity index (χ3v) is 3.89. The number of carbonyl (C=O) groups is 1. The molecule has 1 fully saturated rings. The van der Waals surface area contributed by atoms with Gasteiger partial charge < -0.3 is 15.6 Å². The molecule has 0 spiro atoms. The lowest BCUT2D eigenvalue weighted by atomic mass is 10.1. The van der Waals surface area contributed by atoms with Crippen LogP contribution in [0.5, 0.6) is 0 Å². The van der Waals surface area contributed by atoms with Gasteiger partial charge in [-0.15, -0.1) is 12.4 Å². The first kappa shape index (κ1) is 16.7. The lowest BCUT2D eigenvalue weighted by molar-refractivity contribution is 0.0950. The Morgan fingerprint density at radius 1 is 1.50 bits per heavy atom. The number of halogens is 1. The number of nitrogens with zero attached hydrogens (tertiary/aromatic N) is 2. The van der Waals surface area contributed by atoms with E-state index in [0.29, 0.717) is 23.7 Å². The standard InChI is InChI=1S/C15H20N4O2.ClH/c1-8(2)13-11-5-10(6-18-15(11)21-19-13)14(20)17-7-12(16)9-3-4-9;/h5-6,8-9,12H,3-4,7,16H2,1-2H3,(H,17,20);1H. The summed E-state index contributed by atoms with van der Waals surface area (Å²) in [6.45, 7) is 4.56. The van der Waals surface area contributed by atoms with E-state index >= 15 is 0 Å². The third-order valence-electron chi connectivity index (χ3n) is 3.89. The van der Waals surface area contributed by atoms with Crippen LogP contribution in [-0.4, -0.2) is 28.6 Å². The van der Waals surface area contributed by atoms with Crippen molar-refractivity contribution >= 4 is 29.4 Å². The van der Waals surface area contributed by atoms with E-state index in [-0.39, 0.29) is 30.3 Å². The maximum atomic E-state index is 12.2. The number of fused-ring (bicyclic) bond motifs is 1. The molecule has 120 valence electrons. The molecule has 7 heteroatoms. The maximum Gasteiger partial charge on any atom is 0.257 e. The fraction of sp³-hybridized carbons (Fsp3) is 0.533. The molecule has 0 aromatic carbocycles. The van der Waals surface area contributed by atoms with E-state index in [1.165, 1.54) is 19.0 Å². The smallest absolute Gasteiger partial charge is 0.257 e. The van der Waals surface area contributed by atoms with Crippen molar-refractivity contribution in [3.05, 3.63) is 23.5 Å². The van der Waals surface area contributed by atoms with Crippen molar-refractivity contribution in [1.82, 2.24) is 15.5 Å². The van der Waals surface area contributed by atoms with Gasteiger partial charge in [-0.3, -0.25) is 4.79 Å². The number of carbonyl (C=O) groups excluding carboxylic acids is 1. The van der Waals surface area contributed by atoms with Gasteiger partial charge in [-0.25, -0.2) is 4.98 Å². The first-order valence-electron chi connectivity index (χ1n) is 7.35. The van der Waals surface area contributed by atoms with Crippen molar-refractivity contribution in [2.75, 3.05) is 6.54 Å². The molecule has 0 aliphatic heterocycles. The molecule has 1 atom stereocenters. The Morgan fingerprint density at radius 2 is 2.23 bits per heavy atom. The van der Waals surface area contributed by atoms with Gasteiger partial charge in [0, 0.05) is 18.8 Å². The van der Waals surface area contributed by atoms with Gasteiger partial charge in [-0.05, 0) is 30.7 Å². The summed E-state index contributed by atoms with van der Waals surface area (Å²) < 4.78 is 5.17. The van der Waals surface area contributed by atoms with E-state index in [0.717, 1.165) is 11.1 Å². The molecule has 0 saturated heterocycles. The first-order valence-corrected chi connectivity index (χ1v) is 7.35. The Labute approximate surface area is 135 Å². The molecule has 1 saturated carbocycles. The lowest BCUT2D eigenvalue weighted by Crippen LogP contribution is -2.38.